The molecule has 5 nitrogen and oxygen atoms in total. The molecule has 0 bridgehead atoms. The first-order valence-corrected chi connectivity index (χ1v) is 27.5. The molecule has 0 aromatic heterocycles. The monoisotopic (exact) mass is 855 g/mol. The summed E-state index contributed by atoms with van der Waals surface area (Å²) in [6.07, 6.45) is 45.2. The molecule has 6 heteroatoms. The molecule has 0 radical (unpaired) electrons. The second-order valence-electron chi connectivity index (χ2n) is 20.7. The summed E-state index contributed by atoms with van der Waals surface area (Å²) in [4.78, 5) is 38.9. The minimum absolute atomic E-state index is 0.0785. The molecule has 0 aromatic carbocycles. The minimum Gasteiger partial charge on any atom is -0.462 e. The molecule has 0 saturated heterocycles. The normalized spacial score (nSPS) is 26.5. The Hall–Kier alpha value is -1.30. The van der Waals surface area contributed by atoms with Crippen molar-refractivity contribution in [3.8, 4) is 0 Å². The second kappa shape index (κ2) is 29.2. The maximum absolute atomic E-state index is 13.1. The van der Waals surface area contributed by atoms with Gasteiger partial charge in [-0.15, -0.1) is 0 Å². The molecule has 3 fully saturated rings. The van der Waals surface area contributed by atoms with Crippen molar-refractivity contribution < 1.29 is 23.9 Å². The Kier molecular flexibility index (Phi) is 25.0. The molecular weight excluding hydrogens is 761 g/mol. The van der Waals surface area contributed by atoms with Crippen molar-refractivity contribution in [3.05, 3.63) is 11.6 Å². The predicted octanol–water partition coefficient (Wildman–Crippen LogP) is 16.0. The van der Waals surface area contributed by atoms with E-state index in [4.69, 9.17) is 9.47 Å². The van der Waals surface area contributed by atoms with E-state index in [0.29, 0.717) is 47.4 Å². The standard InChI is InChI=1S/C54H94O5S/c1-5-7-9-11-13-15-17-19-21-23-25-27-29-31-51(56)58-42-45(59-52(57)32-30-28-26-24-22-20-18-16-14-12-10-8-6-2)43-60-46-37-39-53(3)44(41-46)33-34-47-48-35-36-50(55)54(48,4)40-38-49(47)53/h33,45-49H,5-32,34-43H2,1-4H3/t45-,46+,47+,48+,49+,53+,54+/m1/s1. The molecule has 4 rings (SSSR count). The highest BCUT2D eigenvalue weighted by Gasteiger charge is 2.58. The molecule has 0 heterocycles. The summed E-state index contributed by atoms with van der Waals surface area (Å²) >= 11 is 1.93. The number of unbranched alkanes of at least 4 members (excludes halogenated alkanes) is 24. The maximum Gasteiger partial charge on any atom is 0.306 e. The first-order chi connectivity index (χ1) is 29.2. The van der Waals surface area contributed by atoms with Gasteiger partial charge >= 0.3 is 11.9 Å². The molecule has 4 aliphatic carbocycles. The van der Waals surface area contributed by atoms with Gasteiger partial charge < -0.3 is 9.47 Å². The summed E-state index contributed by atoms with van der Waals surface area (Å²) in [5, 5.41) is 0.492. The van der Waals surface area contributed by atoms with Crippen LogP contribution in [0.25, 0.3) is 0 Å². The number of ketones is 1. The number of Topliss-reactive ketones (excluding diaryl/α,β-unsaturated/α-hetero) is 1. The van der Waals surface area contributed by atoms with Gasteiger partial charge in [-0.25, -0.2) is 0 Å². The van der Waals surface area contributed by atoms with Crippen molar-refractivity contribution >= 4 is 29.5 Å². The van der Waals surface area contributed by atoms with Crippen molar-refractivity contribution in [1.82, 2.24) is 0 Å². The Balaban J connectivity index is 1.15. The van der Waals surface area contributed by atoms with Crippen molar-refractivity contribution in [2.75, 3.05) is 12.4 Å². The molecular formula is C54H94O5S. The fourth-order valence-corrected chi connectivity index (χ4v) is 13.2. The highest BCUT2D eigenvalue weighted by molar-refractivity contribution is 7.99. The second-order valence-corrected chi connectivity index (χ2v) is 22.0. The zero-order chi connectivity index (χ0) is 42.9. The van der Waals surface area contributed by atoms with Crippen LogP contribution < -0.4 is 0 Å². The lowest BCUT2D eigenvalue weighted by Gasteiger charge is -2.57. The fourth-order valence-electron chi connectivity index (χ4n) is 12.0. The van der Waals surface area contributed by atoms with E-state index < -0.39 is 6.10 Å². The van der Waals surface area contributed by atoms with Crippen molar-refractivity contribution in [3.63, 3.8) is 0 Å². The molecule has 0 N–H and O–H groups in total. The van der Waals surface area contributed by atoms with E-state index in [2.05, 4.69) is 33.8 Å². The number of carbonyl (C=O) groups excluding carboxylic acids is 3. The van der Waals surface area contributed by atoms with Crippen LogP contribution in [0.15, 0.2) is 11.6 Å². The Labute approximate surface area is 374 Å². The van der Waals surface area contributed by atoms with Gasteiger partial charge in [-0.05, 0) is 81.0 Å². The number of fused-ring (bicyclic) bond motifs is 5. The summed E-state index contributed by atoms with van der Waals surface area (Å²) in [5.41, 5.74) is 1.81. The quantitative estimate of drug-likeness (QED) is 0.0365. The van der Waals surface area contributed by atoms with Crippen LogP contribution in [0.1, 0.15) is 259 Å². The third kappa shape index (κ3) is 17.3. The van der Waals surface area contributed by atoms with Gasteiger partial charge in [0.25, 0.3) is 0 Å². The lowest BCUT2D eigenvalue weighted by atomic mass is 9.48. The molecule has 346 valence electrons. The van der Waals surface area contributed by atoms with Crippen molar-refractivity contribution in [2.24, 2.45) is 28.6 Å². The zero-order valence-electron chi connectivity index (χ0n) is 39.8. The first-order valence-electron chi connectivity index (χ1n) is 26.4. The molecule has 60 heavy (non-hydrogen) atoms. The van der Waals surface area contributed by atoms with E-state index in [0.717, 1.165) is 57.8 Å². The number of thioether (sulfide) groups is 1. The summed E-state index contributed by atoms with van der Waals surface area (Å²) in [5.74, 6) is 2.83. The van der Waals surface area contributed by atoms with E-state index in [9.17, 15) is 14.4 Å². The summed E-state index contributed by atoms with van der Waals surface area (Å²) in [6.45, 7) is 9.54. The number of esters is 2. The molecule has 0 aliphatic heterocycles. The third-order valence-corrected chi connectivity index (χ3v) is 17.4. The van der Waals surface area contributed by atoms with Crippen LogP contribution in [0.4, 0.5) is 0 Å². The number of allylic oxidation sites excluding steroid dienone is 2. The van der Waals surface area contributed by atoms with E-state index in [-0.39, 0.29) is 29.4 Å². The van der Waals surface area contributed by atoms with Crippen LogP contribution in [0.5, 0.6) is 0 Å². The smallest absolute Gasteiger partial charge is 0.306 e. The average Bonchev–Trinajstić information content (AvgIpc) is 3.55. The molecule has 0 unspecified atom stereocenters. The topological polar surface area (TPSA) is 69.7 Å². The molecule has 0 aromatic rings. The SMILES string of the molecule is CCCCCCCCCCCCCCCC(=O)OC[C@H](CS[C@H]1CC[C@@]2(C)C(=CC[C@@H]3[C@@H]2CC[C@]2(C)C(=O)CC[C@@H]32)C1)OC(=O)CCCCCCCCCCCCCCC. The minimum atomic E-state index is -0.394. The largest absolute Gasteiger partial charge is 0.462 e. The maximum atomic E-state index is 13.1. The highest BCUT2D eigenvalue weighted by Crippen LogP contribution is 2.64. The van der Waals surface area contributed by atoms with Crippen LogP contribution in [0.3, 0.4) is 0 Å². The molecule has 7 atom stereocenters. The molecule has 4 aliphatic rings. The predicted molar refractivity (Wildman–Crippen MR) is 254 cm³/mol. The van der Waals surface area contributed by atoms with Gasteiger partial charge in [0, 0.05) is 35.7 Å². The Morgan fingerprint density at radius 2 is 1.10 bits per heavy atom. The van der Waals surface area contributed by atoms with Gasteiger partial charge in [0.05, 0.1) is 0 Å². The number of rotatable bonds is 34. The summed E-state index contributed by atoms with van der Waals surface area (Å²) in [6, 6.07) is 0. The van der Waals surface area contributed by atoms with Crippen LogP contribution in [0.2, 0.25) is 0 Å². The highest BCUT2D eigenvalue weighted by atomic mass is 32.2. The summed E-state index contributed by atoms with van der Waals surface area (Å²) < 4.78 is 11.9. The van der Waals surface area contributed by atoms with Crippen LogP contribution in [0, 0.1) is 28.6 Å². The van der Waals surface area contributed by atoms with Gasteiger partial charge in [-0.3, -0.25) is 14.4 Å². The van der Waals surface area contributed by atoms with E-state index in [1.807, 2.05) is 11.8 Å². The van der Waals surface area contributed by atoms with Crippen LogP contribution in [-0.4, -0.2) is 41.4 Å². The average molecular weight is 855 g/mol. The number of hydrogen-bond donors (Lipinski definition) is 0. The van der Waals surface area contributed by atoms with Crippen molar-refractivity contribution in [2.45, 2.75) is 270 Å². The van der Waals surface area contributed by atoms with E-state index in [1.54, 1.807) is 5.57 Å². The molecule has 0 amide bonds. The van der Waals surface area contributed by atoms with Gasteiger partial charge in [0.2, 0.25) is 0 Å². The Morgan fingerprint density at radius 1 is 0.633 bits per heavy atom. The van der Waals surface area contributed by atoms with Crippen LogP contribution in [-0.2, 0) is 23.9 Å². The third-order valence-electron chi connectivity index (χ3n) is 16.0. The first kappa shape index (κ1) is 51.3. The van der Waals surface area contributed by atoms with Gasteiger partial charge in [0.1, 0.15) is 18.5 Å². The lowest BCUT2D eigenvalue weighted by molar-refractivity contribution is -0.157. The number of carbonyl (C=O) groups is 3. The van der Waals surface area contributed by atoms with Gasteiger partial charge in [-0.2, -0.15) is 11.8 Å². The molecule has 0 spiro atoms. The van der Waals surface area contributed by atoms with Crippen molar-refractivity contribution in [1.29, 1.82) is 0 Å². The Morgan fingerprint density at radius 3 is 1.63 bits per heavy atom. The lowest BCUT2D eigenvalue weighted by Crippen LogP contribution is -2.50. The van der Waals surface area contributed by atoms with Gasteiger partial charge in [0.15, 0.2) is 0 Å². The fraction of sp³-hybridized carbons (Fsp3) is 0.907. The van der Waals surface area contributed by atoms with Gasteiger partial charge in [-0.1, -0.05) is 193 Å². The number of hydrogen-bond acceptors (Lipinski definition) is 6. The van der Waals surface area contributed by atoms with Crippen LogP contribution >= 0.6 is 11.8 Å². The summed E-state index contributed by atoms with van der Waals surface area (Å²) in [7, 11) is 0. The van der Waals surface area contributed by atoms with E-state index in [1.165, 1.54) is 161 Å². The molecule has 3 saturated carbocycles. The zero-order valence-corrected chi connectivity index (χ0v) is 40.6. The number of ether oxygens (including phenoxy) is 2. The van der Waals surface area contributed by atoms with E-state index >= 15 is 0 Å². The Bertz CT molecular complexity index is 1250.